The molecule has 0 bridgehead atoms. The zero-order chi connectivity index (χ0) is 13.0. The predicted molar refractivity (Wildman–Crippen MR) is 68.7 cm³/mol. The van der Waals surface area contributed by atoms with E-state index in [0.717, 1.165) is 25.1 Å². The Morgan fingerprint density at radius 3 is 3.00 bits per heavy atom. The first-order chi connectivity index (χ1) is 8.74. The number of hydrogen-bond donors (Lipinski definition) is 2. The first-order valence-corrected chi connectivity index (χ1v) is 6.25. The van der Waals surface area contributed by atoms with E-state index >= 15 is 0 Å². The zero-order valence-electron chi connectivity index (χ0n) is 10.6. The van der Waals surface area contributed by atoms with Crippen LogP contribution in [-0.4, -0.2) is 25.3 Å². The standard InChI is InChI=1S/C14H18N2O2/c1-18-14-7-13(17)11(6-12(14)8-15)5-10-3-2-4-16-9-10/h6-7,10,16-17H,2-5,9H2,1H3. The second-order valence-electron chi connectivity index (χ2n) is 4.71. The van der Waals surface area contributed by atoms with Crippen molar-refractivity contribution in [1.82, 2.24) is 5.32 Å². The van der Waals surface area contributed by atoms with Crippen molar-refractivity contribution >= 4 is 0 Å². The van der Waals surface area contributed by atoms with Gasteiger partial charge in [-0.15, -0.1) is 0 Å². The van der Waals surface area contributed by atoms with Crippen molar-refractivity contribution in [1.29, 1.82) is 5.26 Å². The minimum Gasteiger partial charge on any atom is -0.508 e. The second-order valence-corrected chi connectivity index (χ2v) is 4.71. The topological polar surface area (TPSA) is 65.3 Å². The van der Waals surface area contributed by atoms with Crippen molar-refractivity contribution in [3.8, 4) is 17.6 Å². The lowest BCUT2D eigenvalue weighted by atomic mass is 9.91. The number of phenols is 1. The number of nitrogens with one attached hydrogen (secondary N) is 1. The van der Waals surface area contributed by atoms with Crippen LogP contribution >= 0.6 is 0 Å². The Kier molecular flexibility index (Phi) is 4.06. The van der Waals surface area contributed by atoms with E-state index in [9.17, 15) is 5.11 Å². The van der Waals surface area contributed by atoms with E-state index in [4.69, 9.17) is 10.00 Å². The summed E-state index contributed by atoms with van der Waals surface area (Å²) >= 11 is 0. The monoisotopic (exact) mass is 246 g/mol. The van der Waals surface area contributed by atoms with Crippen molar-refractivity contribution in [2.45, 2.75) is 19.3 Å². The van der Waals surface area contributed by atoms with Gasteiger partial charge in [0.2, 0.25) is 0 Å². The molecule has 4 heteroatoms. The number of ether oxygens (including phenoxy) is 1. The highest BCUT2D eigenvalue weighted by atomic mass is 16.5. The fourth-order valence-corrected chi connectivity index (χ4v) is 2.44. The van der Waals surface area contributed by atoms with Crippen molar-refractivity contribution in [2.24, 2.45) is 5.92 Å². The number of hydrogen-bond acceptors (Lipinski definition) is 4. The molecule has 18 heavy (non-hydrogen) atoms. The summed E-state index contributed by atoms with van der Waals surface area (Å²) < 4.78 is 5.07. The highest BCUT2D eigenvalue weighted by molar-refractivity contribution is 5.51. The summed E-state index contributed by atoms with van der Waals surface area (Å²) in [6.45, 7) is 2.06. The molecule has 2 N–H and O–H groups in total. The molecule has 0 radical (unpaired) electrons. The molecule has 0 spiro atoms. The molecular formula is C14H18N2O2. The van der Waals surface area contributed by atoms with Gasteiger partial charge in [-0.25, -0.2) is 0 Å². The summed E-state index contributed by atoms with van der Waals surface area (Å²) in [6.07, 6.45) is 3.14. The van der Waals surface area contributed by atoms with Crippen LogP contribution in [-0.2, 0) is 6.42 Å². The number of nitrogens with zero attached hydrogens (tertiary/aromatic N) is 1. The Morgan fingerprint density at radius 2 is 2.39 bits per heavy atom. The molecule has 1 saturated heterocycles. The Hall–Kier alpha value is -1.73. The zero-order valence-corrected chi connectivity index (χ0v) is 10.6. The molecule has 0 aromatic heterocycles. The molecular weight excluding hydrogens is 228 g/mol. The Bertz CT molecular complexity index is 460. The third-order valence-corrected chi connectivity index (χ3v) is 3.43. The van der Waals surface area contributed by atoms with Crippen LogP contribution in [0.2, 0.25) is 0 Å². The van der Waals surface area contributed by atoms with Gasteiger partial charge in [0.25, 0.3) is 0 Å². The molecule has 4 nitrogen and oxygen atoms in total. The highest BCUT2D eigenvalue weighted by Crippen LogP contribution is 2.30. The van der Waals surface area contributed by atoms with Gasteiger partial charge in [0.05, 0.1) is 12.7 Å². The van der Waals surface area contributed by atoms with Gasteiger partial charge in [-0.2, -0.15) is 5.26 Å². The fourth-order valence-electron chi connectivity index (χ4n) is 2.44. The maximum absolute atomic E-state index is 9.96. The van der Waals surface area contributed by atoms with Gasteiger partial charge in [-0.05, 0) is 49.9 Å². The van der Waals surface area contributed by atoms with E-state index in [0.29, 0.717) is 17.2 Å². The van der Waals surface area contributed by atoms with E-state index < -0.39 is 0 Å². The quantitative estimate of drug-likeness (QED) is 0.853. The number of piperidine rings is 1. The molecule has 1 aliphatic rings. The predicted octanol–water partition coefficient (Wildman–Crippen LogP) is 1.81. The van der Waals surface area contributed by atoms with Crippen molar-refractivity contribution in [3.05, 3.63) is 23.3 Å². The molecule has 0 amide bonds. The fraction of sp³-hybridized carbons (Fsp3) is 0.500. The molecule has 0 aliphatic carbocycles. The molecule has 1 unspecified atom stereocenters. The summed E-state index contributed by atoms with van der Waals surface area (Å²) in [7, 11) is 1.50. The van der Waals surface area contributed by atoms with Crippen LogP contribution in [0.1, 0.15) is 24.0 Å². The van der Waals surface area contributed by atoms with Gasteiger partial charge < -0.3 is 15.2 Å². The number of aromatic hydroxyl groups is 1. The third kappa shape index (κ3) is 2.74. The number of rotatable bonds is 3. The highest BCUT2D eigenvalue weighted by Gasteiger charge is 2.17. The maximum atomic E-state index is 9.96. The molecule has 96 valence electrons. The van der Waals surface area contributed by atoms with Crippen LogP contribution in [0.5, 0.6) is 11.5 Å². The number of phenolic OH excluding ortho intramolecular Hbond substituents is 1. The van der Waals surface area contributed by atoms with E-state index in [1.165, 1.54) is 26.0 Å². The molecule has 1 aromatic rings. The van der Waals surface area contributed by atoms with Gasteiger partial charge in [-0.1, -0.05) is 0 Å². The van der Waals surface area contributed by atoms with Gasteiger partial charge >= 0.3 is 0 Å². The lowest BCUT2D eigenvalue weighted by molar-refractivity contribution is 0.367. The average Bonchev–Trinajstić information content (AvgIpc) is 2.41. The van der Waals surface area contributed by atoms with Crippen LogP contribution in [0.4, 0.5) is 0 Å². The van der Waals surface area contributed by atoms with Gasteiger partial charge in [0.15, 0.2) is 0 Å². The molecule has 1 fully saturated rings. The maximum Gasteiger partial charge on any atom is 0.140 e. The average molecular weight is 246 g/mol. The van der Waals surface area contributed by atoms with E-state index in [1.54, 1.807) is 6.07 Å². The minimum absolute atomic E-state index is 0.219. The summed E-state index contributed by atoms with van der Waals surface area (Å²) in [4.78, 5) is 0. The number of nitriles is 1. The summed E-state index contributed by atoms with van der Waals surface area (Å²) in [6, 6.07) is 5.37. The smallest absolute Gasteiger partial charge is 0.140 e. The van der Waals surface area contributed by atoms with Crippen LogP contribution in [0.25, 0.3) is 0 Å². The van der Waals surface area contributed by atoms with Gasteiger partial charge in [0, 0.05) is 6.07 Å². The van der Waals surface area contributed by atoms with E-state index in [1.807, 2.05) is 0 Å². The molecule has 1 aliphatic heterocycles. The first kappa shape index (κ1) is 12.7. The van der Waals surface area contributed by atoms with Crippen molar-refractivity contribution < 1.29 is 9.84 Å². The number of methoxy groups -OCH3 is 1. The van der Waals surface area contributed by atoms with Crippen LogP contribution in [0.3, 0.4) is 0 Å². The number of benzene rings is 1. The molecule has 1 aromatic carbocycles. The summed E-state index contributed by atoms with van der Waals surface area (Å²) in [5.41, 5.74) is 1.31. The summed E-state index contributed by atoms with van der Waals surface area (Å²) in [5, 5.41) is 22.4. The van der Waals surface area contributed by atoms with Crippen molar-refractivity contribution in [2.75, 3.05) is 20.2 Å². The molecule has 0 saturated carbocycles. The lowest BCUT2D eigenvalue weighted by Crippen LogP contribution is -2.30. The van der Waals surface area contributed by atoms with Gasteiger partial charge in [-0.3, -0.25) is 0 Å². The largest absolute Gasteiger partial charge is 0.508 e. The Balaban J connectivity index is 2.19. The van der Waals surface area contributed by atoms with E-state index in [-0.39, 0.29) is 5.75 Å². The van der Waals surface area contributed by atoms with Crippen LogP contribution in [0.15, 0.2) is 12.1 Å². The van der Waals surface area contributed by atoms with Crippen LogP contribution in [0, 0.1) is 17.2 Å². The summed E-state index contributed by atoms with van der Waals surface area (Å²) in [5.74, 6) is 1.18. The second kappa shape index (κ2) is 5.74. The van der Waals surface area contributed by atoms with Crippen LogP contribution < -0.4 is 10.1 Å². The Labute approximate surface area is 107 Å². The third-order valence-electron chi connectivity index (χ3n) is 3.43. The molecule has 2 rings (SSSR count). The normalized spacial score (nSPS) is 19.2. The van der Waals surface area contributed by atoms with E-state index in [2.05, 4.69) is 11.4 Å². The molecule has 1 atom stereocenters. The molecule has 1 heterocycles. The SMILES string of the molecule is COc1cc(O)c(CC2CCCNC2)cc1C#N. The first-order valence-electron chi connectivity index (χ1n) is 6.25. The van der Waals surface area contributed by atoms with Gasteiger partial charge in [0.1, 0.15) is 17.6 Å². The van der Waals surface area contributed by atoms with Crippen molar-refractivity contribution in [3.63, 3.8) is 0 Å². The Morgan fingerprint density at radius 1 is 1.56 bits per heavy atom. The lowest BCUT2D eigenvalue weighted by Gasteiger charge is -2.23. The minimum atomic E-state index is 0.219.